The van der Waals surface area contributed by atoms with Crippen molar-refractivity contribution in [1.29, 1.82) is 0 Å². The molecular weight excluding hydrogens is 234 g/mol. The van der Waals surface area contributed by atoms with Gasteiger partial charge in [0, 0.05) is 6.54 Å². The Labute approximate surface area is 103 Å². The first-order chi connectivity index (χ1) is 8.69. The number of phenolic OH excluding ortho intramolecular Hbond substituents is 1. The number of nitrogens with zero attached hydrogens (tertiary/aromatic N) is 3. The number of amides is 1. The van der Waals surface area contributed by atoms with E-state index < -0.39 is 0 Å². The molecule has 1 aromatic carbocycles. The molecule has 18 heavy (non-hydrogen) atoms. The number of carbonyl (C=O) groups is 1. The van der Waals surface area contributed by atoms with E-state index in [4.69, 9.17) is 5.73 Å². The molecule has 0 fully saturated rings. The van der Waals surface area contributed by atoms with Crippen molar-refractivity contribution >= 4 is 11.6 Å². The van der Waals surface area contributed by atoms with Gasteiger partial charge in [-0.2, -0.15) is 0 Å². The van der Waals surface area contributed by atoms with Crippen LogP contribution in [0.5, 0.6) is 5.75 Å². The third kappa shape index (κ3) is 2.83. The van der Waals surface area contributed by atoms with Gasteiger partial charge in [-0.3, -0.25) is 4.79 Å². The molecule has 1 amide bonds. The van der Waals surface area contributed by atoms with Crippen molar-refractivity contribution in [2.45, 2.75) is 13.1 Å². The van der Waals surface area contributed by atoms with E-state index in [1.807, 2.05) is 0 Å². The fourth-order valence-electron chi connectivity index (χ4n) is 1.43. The molecule has 0 unspecified atom stereocenters. The highest BCUT2D eigenvalue weighted by atomic mass is 16.3. The molecule has 4 N–H and O–H groups in total. The third-order valence-corrected chi connectivity index (χ3v) is 2.28. The molecule has 1 heterocycles. The monoisotopic (exact) mass is 247 g/mol. The Morgan fingerprint density at radius 3 is 2.89 bits per heavy atom. The second-order valence-electron chi connectivity index (χ2n) is 3.68. The SMILES string of the molecule is NCc1cn(CC(=O)Nc2ccccc2O)nn1. The van der Waals surface area contributed by atoms with E-state index in [9.17, 15) is 9.90 Å². The Morgan fingerprint density at radius 1 is 1.44 bits per heavy atom. The Morgan fingerprint density at radius 2 is 2.22 bits per heavy atom. The first kappa shape index (κ1) is 12.1. The van der Waals surface area contributed by atoms with Gasteiger partial charge < -0.3 is 16.2 Å². The Bertz CT molecular complexity index is 552. The van der Waals surface area contributed by atoms with Gasteiger partial charge in [-0.15, -0.1) is 5.10 Å². The number of hydrogen-bond donors (Lipinski definition) is 3. The second kappa shape index (κ2) is 5.28. The number of nitrogens with two attached hydrogens (primary N) is 1. The summed E-state index contributed by atoms with van der Waals surface area (Å²) in [6.45, 7) is 0.294. The quantitative estimate of drug-likeness (QED) is 0.663. The van der Waals surface area contributed by atoms with Crippen molar-refractivity contribution in [3.8, 4) is 5.75 Å². The number of aromatic nitrogens is 3. The zero-order chi connectivity index (χ0) is 13.0. The van der Waals surface area contributed by atoms with Crippen LogP contribution in [-0.2, 0) is 17.9 Å². The van der Waals surface area contributed by atoms with Gasteiger partial charge >= 0.3 is 0 Å². The molecule has 94 valence electrons. The Balaban J connectivity index is 1.99. The van der Waals surface area contributed by atoms with Gasteiger partial charge in [0.1, 0.15) is 12.3 Å². The number of aromatic hydroxyl groups is 1. The summed E-state index contributed by atoms with van der Waals surface area (Å²) < 4.78 is 1.39. The molecule has 0 aliphatic carbocycles. The largest absolute Gasteiger partial charge is 0.506 e. The molecule has 0 bridgehead atoms. The molecule has 0 radical (unpaired) electrons. The molecule has 0 aliphatic heterocycles. The predicted octanol–water partition coefficient (Wildman–Crippen LogP) is 0.0811. The summed E-state index contributed by atoms with van der Waals surface area (Å²) in [6, 6.07) is 6.50. The number of para-hydroxylation sites is 2. The molecule has 0 saturated carbocycles. The number of benzene rings is 1. The zero-order valence-corrected chi connectivity index (χ0v) is 9.58. The van der Waals surface area contributed by atoms with Crippen LogP contribution >= 0.6 is 0 Å². The van der Waals surface area contributed by atoms with Gasteiger partial charge in [0.05, 0.1) is 17.6 Å². The van der Waals surface area contributed by atoms with E-state index in [0.717, 1.165) is 0 Å². The first-order valence-electron chi connectivity index (χ1n) is 5.36. The van der Waals surface area contributed by atoms with E-state index in [1.54, 1.807) is 24.4 Å². The lowest BCUT2D eigenvalue weighted by molar-refractivity contribution is -0.116. The number of carbonyl (C=O) groups excluding carboxylic acids is 1. The molecular formula is C11H13N5O2. The highest BCUT2D eigenvalue weighted by Gasteiger charge is 2.07. The highest BCUT2D eigenvalue weighted by Crippen LogP contribution is 2.21. The number of nitrogens with one attached hydrogen (secondary N) is 1. The van der Waals surface area contributed by atoms with Crippen molar-refractivity contribution in [1.82, 2.24) is 15.0 Å². The highest BCUT2D eigenvalue weighted by molar-refractivity contribution is 5.91. The van der Waals surface area contributed by atoms with Crippen LogP contribution in [0.15, 0.2) is 30.5 Å². The number of anilines is 1. The van der Waals surface area contributed by atoms with Crippen LogP contribution in [0.2, 0.25) is 0 Å². The summed E-state index contributed by atoms with van der Waals surface area (Å²) in [6.07, 6.45) is 1.60. The maximum Gasteiger partial charge on any atom is 0.246 e. The molecule has 1 aromatic heterocycles. The summed E-state index contributed by atoms with van der Waals surface area (Å²) in [5, 5.41) is 19.6. The van der Waals surface area contributed by atoms with Crippen LogP contribution in [0.4, 0.5) is 5.69 Å². The van der Waals surface area contributed by atoms with Crippen LogP contribution in [0.25, 0.3) is 0 Å². The zero-order valence-electron chi connectivity index (χ0n) is 9.58. The number of hydrogen-bond acceptors (Lipinski definition) is 5. The van der Waals surface area contributed by atoms with Gasteiger partial charge in [-0.1, -0.05) is 17.3 Å². The van der Waals surface area contributed by atoms with Crippen molar-refractivity contribution in [2.24, 2.45) is 5.73 Å². The Hall–Kier alpha value is -2.41. The maximum absolute atomic E-state index is 11.7. The molecule has 2 rings (SSSR count). The van der Waals surface area contributed by atoms with Crippen molar-refractivity contribution in [3.63, 3.8) is 0 Å². The molecule has 0 saturated heterocycles. The molecule has 7 nitrogen and oxygen atoms in total. The van der Waals surface area contributed by atoms with E-state index in [0.29, 0.717) is 11.4 Å². The van der Waals surface area contributed by atoms with E-state index in [2.05, 4.69) is 15.6 Å². The summed E-state index contributed by atoms with van der Waals surface area (Å²) in [5.41, 5.74) is 6.37. The average molecular weight is 247 g/mol. The van der Waals surface area contributed by atoms with Crippen molar-refractivity contribution in [2.75, 3.05) is 5.32 Å². The average Bonchev–Trinajstić information content (AvgIpc) is 2.80. The standard InChI is InChI=1S/C11H13N5O2/c12-5-8-6-16(15-14-8)7-11(18)13-9-3-1-2-4-10(9)17/h1-4,6,17H,5,7,12H2,(H,13,18). The molecule has 7 heteroatoms. The molecule has 0 atom stereocenters. The van der Waals surface area contributed by atoms with Crippen molar-refractivity contribution < 1.29 is 9.90 Å². The molecule has 0 aliphatic rings. The fourth-order valence-corrected chi connectivity index (χ4v) is 1.43. The fraction of sp³-hybridized carbons (Fsp3) is 0.182. The van der Waals surface area contributed by atoms with Crippen molar-refractivity contribution in [3.05, 3.63) is 36.2 Å². The van der Waals surface area contributed by atoms with E-state index in [-0.39, 0.29) is 24.7 Å². The number of rotatable bonds is 4. The van der Waals surface area contributed by atoms with Gasteiger partial charge in [0.25, 0.3) is 0 Å². The minimum atomic E-state index is -0.301. The lowest BCUT2D eigenvalue weighted by Crippen LogP contribution is -2.19. The maximum atomic E-state index is 11.7. The summed E-state index contributed by atoms with van der Waals surface area (Å²) in [7, 11) is 0. The summed E-state index contributed by atoms with van der Waals surface area (Å²) in [5.74, 6) is -0.281. The number of phenols is 1. The topological polar surface area (TPSA) is 106 Å². The van der Waals surface area contributed by atoms with Crippen LogP contribution in [-0.4, -0.2) is 26.0 Å². The van der Waals surface area contributed by atoms with Gasteiger partial charge in [0.2, 0.25) is 5.91 Å². The smallest absolute Gasteiger partial charge is 0.246 e. The van der Waals surface area contributed by atoms with Gasteiger partial charge in [-0.05, 0) is 12.1 Å². The summed E-state index contributed by atoms with van der Waals surface area (Å²) in [4.78, 5) is 11.7. The van der Waals surface area contributed by atoms with E-state index >= 15 is 0 Å². The molecule has 0 spiro atoms. The molecule has 2 aromatic rings. The van der Waals surface area contributed by atoms with Crippen LogP contribution in [0.1, 0.15) is 5.69 Å². The van der Waals surface area contributed by atoms with Gasteiger partial charge in [0.15, 0.2) is 0 Å². The van der Waals surface area contributed by atoms with E-state index in [1.165, 1.54) is 10.7 Å². The van der Waals surface area contributed by atoms with Crippen LogP contribution < -0.4 is 11.1 Å². The van der Waals surface area contributed by atoms with Crippen LogP contribution in [0, 0.1) is 0 Å². The van der Waals surface area contributed by atoms with Crippen LogP contribution in [0.3, 0.4) is 0 Å². The predicted molar refractivity (Wildman–Crippen MR) is 64.6 cm³/mol. The lowest BCUT2D eigenvalue weighted by Gasteiger charge is -2.06. The minimum absolute atomic E-state index is 0.0152. The van der Waals surface area contributed by atoms with Gasteiger partial charge in [-0.25, -0.2) is 4.68 Å². The minimum Gasteiger partial charge on any atom is -0.506 e. The first-order valence-corrected chi connectivity index (χ1v) is 5.36. The third-order valence-electron chi connectivity index (χ3n) is 2.28. The lowest BCUT2D eigenvalue weighted by atomic mass is 10.3. The normalized spacial score (nSPS) is 10.3. The summed E-state index contributed by atoms with van der Waals surface area (Å²) >= 11 is 0. The second-order valence-corrected chi connectivity index (χ2v) is 3.68. The Kier molecular flexibility index (Phi) is 3.54.